The highest BCUT2D eigenvalue weighted by molar-refractivity contribution is 7.14. The number of nitrogens with one attached hydrogen (secondary N) is 3. The first-order valence-corrected chi connectivity index (χ1v) is 24.2. The monoisotopic (exact) mass is 919 g/mol. The van der Waals surface area contributed by atoms with E-state index in [2.05, 4.69) is 26.9 Å². The van der Waals surface area contributed by atoms with Crippen molar-refractivity contribution in [1.29, 1.82) is 0 Å². The number of carbonyl (C=O) groups is 4. The summed E-state index contributed by atoms with van der Waals surface area (Å²) in [5.74, 6) is -0.981. The molecule has 3 amide bonds. The van der Waals surface area contributed by atoms with E-state index in [4.69, 9.17) is 40.5 Å². The van der Waals surface area contributed by atoms with Gasteiger partial charge in [-0.05, 0) is 57.6 Å². The van der Waals surface area contributed by atoms with Crippen molar-refractivity contribution < 1.29 is 43.2 Å². The third kappa shape index (κ3) is 9.92. The Balaban J connectivity index is 1.01. The molecule has 344 valence electrons. The quantitative estimate of drug-likeness (QED) is 0.146. The van der Waals surface area contributed by atoms with Gasteiger partial charge in [-0.3, -0.25) is 14.5 Å². The number of halogens is 1. The van der Waals surface area contributed by atoms with Crippen LogP contribution in [0.4, 0.5) is 9.93 Å². The Morgan fingerprint density at radius 1 is 1.05 bits per heavy atom. The summed E-state index contributed by atoms with van der Waals surface area (Å²) in [6.07, 6.45) is 7.67. The lowest BCUT2D eigenvalue weighted by Crippen LogP contribution is -2.56. The van der Waals surface area contributed by atoms with E-state index in [0.29, 0.717) is 103 Å². The predicted octanol–water partition coefficient (Wildman–Crippen LogP) is 6.41. The Labute approximate surface area is 381 Å². The maximum Gasteiger partial charge on any atom is 0.408 e. The zero-order valence-electron chi connectivity index (χ0n) is 36.4. The largest absolute Gasteiger partial charge is 0.491 e. The van der Waals surface area contributed by atoms with Gasteiger partial charge in [-0.15, -0.1) is 11.3 Å². The average Bonchev–Trinajstić information content (AvgIpc) is 3.92. The minimum absolute atomic E-state index is 0.000874. The second-order valence-electron chi connectivity index (χ2n) is 18.4. The summed E-state index contributed by atoms with van der Waals surface area (Å²) in [4.78, 5) is 68.8. The van der Waals surface area contributed by atoms with Crippen LogP contribution in [0.15, 0.2) is 35.2 Å². The van der Waals surface area contributed by atoms with E-state index in [1.54, 1.807) is 12.1 Å². The van der Waals surface area contributed by atoms with Crippen molar-refractivity contribution in [1.82, 2.24) is 30.4 Å². The van der Waals surface area contributed by atoms with Crippen molar-refractivity contribution in [3.05, 3.63) is 40.3 Å². The summed E-state index contributed by atoms with van der Waals surface area (Å²) in [5, 5.41) is 23.0. The Morgan fingerprint density at radius 3 is 2.61 bits per heavy atom. The van der Waals surface area contributed by atoms with Gasteiger partial charge in [-0.25, -0.2) is 19.6 Å². The molecule has 5 heterocycles. The van der Waals surface area contributed by atoms with Gasteiger partial charge in [0.15, 0.2) is 5.13 Å². The molecule has 3 aliphatic carbocycles. The normalized spacial score (nSPS) is 28.5. The number of pyridine rings is 1. The van der Waals surface area contributed by atoms with Crippen LogP contribution >= 0.6 is 22.9 Å². The van der Waals surface area contributed by atoms with Gasteiger partial charge < -0.3 is 44.9 Å². The SMILES string of the molecule is CC(C)Nc1nc(-c2cc(O[C@@H]3C[C@H]4C(=O)N[C@]5(C(=O)O)C[C@H]5CCCCCCC[C@H](NC(=O)O[C@H]5CC6=C[C@H]6C5)C(=O)N4C3)c3ccc(OCCN4CCOCC4)c(Cl)c3n2)cs1. The van der Waals surface area contributed by atoms with E-state index >= 15 is 0 Å². The standard InChI is InChI=1S/C46H58ClN7O9S/c1-26(2)48-44-50-35(25-64-44)34-22-38(32-10-11-37(39(47)40(32)49-34)61-17-14-53-12-15-60-16-13-53)62-31-21-36-41(55)52-46(43(57)58)23-29(46)8-6-4-3-5-7-9-33(42(56)54(36)24-31)51-45(59)63-30-19-27-18-28(27)20-30/h10-11,18,22,25-27,29-31,33,36H,3-9,12-17,19-21,23-24H2,1-2H3,(H,48,50)(H,51,59)(H,52,55)(H,57,58)/t27-,29+,30+,31+,33-,36-,46+/m0/s1. The van der Waals surface area contributed by atoms with Crippen LogP contribution in [0.2, 0.25) is 5.02 Å². The molecule has 3 aliphatic heterocycles. The first kappa shape index (κ1) is 44.5. The molecule has 2 aromatic heterocycles. The minimum Gasteiger partial charge on any atom is -0.491 e. The number of morpholine rings is 1. The number of carboxylic acid groups (broad SMARTS) is 1. The topological polar surface area (TPSA) is 194 Å². The van der Waals surface area contributed by atoms with Gasteiger partial charge in [0.05, 0.1) is 31.0 Å². The molecule has 2 saturated carbocycles. The zero-order chi connectivity index (χ0) is 44.5. The molecule has 7 atom stereocenters. The number of hydrogen-bond acceptors (Lipinski definition) is 13. The van der Waals surface area contributed by atoms with E-state index in [-0.39, 0.29) is 31.0 Å². The number of carboxylic acids is 1. The summed E-state index contributed by atoms with van der Waals surface area (Å²) < 4.78 is 24.3. The lowest BCUT2D eigenvalue weighted by atomic mass is 10.0. The molecule has 1 aromatic carbocycles. The van der Waals surface area contributed by atoms with Crippen molar-refractivity contribution in [3.63, 3.8) is 0 Å². The number of aliphatic carboxylic acids is 1. The van der Waals surface area contributed by atoms with Crippen LogP contribution in [-0.4, -0.2) is 131 Å². The number of benzene rings is 1. The highest BCUT2D eigenvalue weighted by Crippen LogP contribution is 2.48. The molecule has 3 aromatic rings. The fraction of sp³-hybridized carbons (Fsp3) is 0.609. The fourth-order valence-electron chi connectivity index (χ4n) is 9.79. The van der Waals surface area contributed by atoms with Crippen molar-refractivity contribution in [2.24, 2.45) is 11.8 Å². The molecule has 6 aliphatic rings. The molecule has 16 nitrogen and oxygen atoms in total. The summed E-state index contributed by atoms with van der Waals surface area (Å²) in [5.41, 5.74) is 1.46. The summed E-state index contributed by atoms with van der Waals surface area (Å²) in [6, 6.07) is 3.56. The summed E-state index contributed by atoms with van der Waals surface area (Å²) in [6.45, 7) is 8.23. The number of carbonyl (C=O) groups excluding carboxylic acids is 3. The molecule has 64 heavy (non-hydrogen) atoms. The average molecular weight is 921 g/mol. The molecule has 0 bridgehead atoms. The number of rotatable bonds is 12. The second kappa shape index (κ2) is 19.0. The third-order valence-corrected chi connectivity index (χ3v) is 14.6. The van der Waals surface area contributed by atoms with Gasteiger partial charge in [0.1, 0.15) is 58.7 Å². The van der Waals surface area contributed by atoms with Gasteiger partial charge in [0, 0.05) is 61.3 Å². The number of thiazole rings is 1. The van der Waals surface area contributed by atoms with Crippen molar-refractivity contribution >= 4 is 62.8 Å². The minimum atomic E-state index is -1.39. The van der Waals surface area contributed by atoms with E-state index < -0.39 is 47.6 Å². The highest BCUT2D eigenvalue weighted by atomic mass is 35.5. The Kier molecular flexibility index (Phi) is 13.2. The lowest BCUT2D eigenvalue weighted by Gasteiger charge is -2.29. The number of amides is 3. The highest BCUT2D eigenvalue weighted by Gasteiger charge is 2.62. The Hall–Kier alpha value is -4.71. The first-order chi connectivity index (χ1) is 30.9. The van der Waals surface area contributed by atoms with Crippen molar-refractivity contribution in [2.75, 3.05) is 51.3 Å². The molecule has 9 rings (SSSR count). The maximum atomic E-state index is 14.8. The van der Waals surface area contributed by atoms with Crippen LogP contribution in [0.1, 0.15) is 84.5 Å². The van der Waals surface area contributed by atoms with Crippen molar-refractivity contribution in [3.8, 4) is 22.9 Å². The Bertz CT molecular complexity index is 2290. The fourth-order valence-corrected chi connectivity index (χ4v) is 10.9. The first-order valence-electron chi connectivity index (χ1n) is 22.9. The number of allylic oxidation sites excluding steroid dienone is 1. The summed E-state index contributed by atoms with van der Waals surface area (Å²) in [7, 11) is 0. The molecule has 4 N–H and O–H groups in total. The number of anilines is 1. The van der Waals surface area contributed by atoms with Gasteiger partial charge in [0.25, 0.3) is 0 Å². The zero-order valence-corrected chi connectivity index (χ0v) is 38.0. The van der Waals surface area contributed by atoms with Crippen LogP contribution in [0.5, 0.6) is 11.5 Å². The van der Waals surface area contributed by atoms with E-state index in [1.165, 1.54) is 21.8 Å². The number of ether oxygens (including phenoxy) is 4. The van der Waals surface area contributed by atoms with Gasteiger partial charge >= 0.3 is 12.1 Å². The molecular weight excluding hydrogens is 862 g/mol. The van der Waals surface area contributed by atoms with E-state index in [9.17, 15) is 24.3 Å². The molecular formula is C46H58ClN7O9S. The van der Waals surface area contributed by atoms with Crippen LogP contribution in [0.3, 0.4) is 0 Å². The summed E-state index contributed by atoms with van der Waals surface area (Å²) >= 11 is 8.57. The lowest BCUT2D eigenvalue weighted by molar-refractivity contribution is -0.146. The number of nitrogens with zero attached hydrogens (tertiary/aromatic N) is 4. The Morgan fingerprint density at radius 2 is 1.84 bits per heavy atom. The van der Waals surface area contributed by atoms with Crippen LogP contribution < -0.4 is 25.4 Å². The van der Waals surface area contributed by atoms with Gasteiger partial charge in [0.2, 0.25) is 11.8 Å². The number of hydrogen-bond donors (Lipinski definition) is 4. The molecule has 5 fully saturated rings. The maximum absolute atomic E-state index is 14.8. The molecule has 0 spiro atoms. The van der Waals surface area contributed by atoms with Gasteiger partial charge in [-0.2, -0.15) is 0 Å². The molecule has 0 unspecified atom stereocenters. The predicted molar refractivity (Wildman–Crippen MR) is 241 cm³/mol. The smallest absolute Gasteiger partial charge is 0.408 e. The molecule has 0 radical (unpaired) electrons. The number of aromatic nitrogens is 2. The van der Waals surface area contributed by atoms with Gasteiger partial charge in [-0.1, -0.05) is 55.4 Å². The van der Waals surface area contributed by atoms with E-state index in [1.807, 2.05) is 25.3 Å². The molecule has 18 heteroatoms. The third-order valence-electron chi connectivity index (χ3n) is 13.4. The number of fused-ring (bicyclic) bond motifs is 4. The molecule has 3 saturated heterocycles. The number of alkyl carbamates (subject to hydrolysis) is 1. The van der Waals surface area contributed by atoms with Crippen molar-refractivity contribution in [2.45, 2.75) is 120 Å². The van der Waals surface area contributed by atoms with Crippen LogP contribution in [0, 0.1) is 11.8 Å². The van der Waals surface area contributed by atoms with Crippen LogP contribution in [0.25, 0.3) is 22.3 Å². The van der Waals surface area contributed by atoms with E-state index in [0.717, 1.165) is 50.3 Å². The van der Waals surface area contributed by atoms with Crippen LogP contribution in [-0.2, 0) is 23.9 Å². The second-order valence-corrected chi connectivity index (χ2v) is 19.7.